The second kappa shape index (κ2) is 9.35. The molecule has 30 heavy (non-hydrogen) atoms. The van der Waals surface area contributed by atoms with Crippen LogP contribution in [0.2, 0.25) is 0 Å². The Morgan fingerprint density at radius 3 is 2.27 bits per heavy atom. The van der Waals surface area contributed by atoms with Gasteiger partial charge in [-0.05, 0) is 56.2 Å². The van der Waals surface area contributed by atoms with Crippen LogP contribution in [-0.2, 0) is 11.3 Å². The summed E-state index contributed by atoms with van der Waals surface area (Å²) in [6.07, 6.45) is 3.66. The molecular weight excluding hydrogens is 380 g/mol. The predicted molar refractivity (Wildman–Crippen MR) is 114 cm³/mol. The average Bonchev–Trinajstić information content (AvgIpc) is 3.04. The van der Waals surface area contributed by atoms with Crippen LogP contribution in [0.1, 0.15) is 52.3 Å². The standard InChI is InChI=1S/C23H26N4O3/c1-15-22(17(3)28)16(2)27(26-15)14-11-21(29)25-23(19-9-12-24-13-10-19)18-5-7-20(30-4)8-6-18/h5-10,12-13,23H,11,14H2,1-4H3,(H,25,29)/t23-/m1/s1. The zero-order chi connectivity index (χ0) is 21.7. The average molecular weight is 406 g/mol. The van der Waals surface area contributed by atoms with Crippen LogP contribution in [0, 0.1) is 13.8 Å². The first-order valence-electron chi connectivity index (χ1n) is 9.79. The quantitative estimate of drug-likeness (QED) is 0.580. The van der Waals surface area contributed by atoms with E-state index in [9.17, 15) is 9.59 Å². The molecule has 3 rings (SSSR count). The first-order chi connectivity index (χ1) is 14.4. The van der Waals surface area contributed by atoms with Gasteiger partial charge in [0, 0.05) is 31.1 Å². The van der Waals surface area contributed by atoms with Crippen molar-refractivity contribution in [3.63, 3.8) is 0 Å². The summed E-state index contributed by atoms with van der Waals surface area (Å²) < 4.78 is 6.95. The molecule has 1 amide bonds. The number of aryl methyl sites for hydroxylation is 2. The van der Waals surface area contributed by atoms with E-state index in [1.165, 1.54) is 6.92 Å². The Balaban J connectivity index is 1.75. The molecule has 7 nitrogen and oxygen atoms in total. The first kappa shape index (κ1) is 21.2. The van der Waals surface area contributed by atoms with Gasteiger partial charge in [-0.2, -0.15) is 5.10 Å². The molecule has 2 aromatic heterocycles. The molecule has 1 N–H and O–H groups in total. The SMILES string of the molecule is COc1ccc([C@@H](NC(=O)CCn2nc(C)c(C(C)=O)c2C)c2ccncc2)cc1. The number of ketones is 1. The minimum absolute atomic E-state index is 0.0158. The molecule has 0 fully saturated rings. The van der Waals surface area contributed by atoms with Crippen molar-refractivity contribution >= 4 is 11.7 Å². The number of hydrogen-bond donors (Lipinski definition) is 1. The molecule has 0 unspecified atom stereocenters. The predicted octanol–water partition coefficient (Wildman–Crippen LogP) is 3.40. The molecule has 1 atom stereocenters. The lowest BCUT2D eigenvalue weighted by molar-refractivity contribution is -0.121. The van der Waals surface area contributed by atoms with Crippen molar-refractivity contribution in [2.75, 3.05) is 7.11 Å². The number of nitrogens with one attached hydrogen (secondary N) is 1. The molecule has 0 spiro atoms. The highest BCUT2D eigenvalue weighted by Gasteiger charge is 2.19. The molecule has 0 saturated heterocycles. The van der Waals surface area contributed by atoms with Gasteiger partial charge in [-0.1, -0.05) is 12.1 Å². The van der Waals surface area contributed by atoms with Gasteiger partial charge in [0.15, 0.2) is 5.78 Å². The molecular formula is C23H26N4O3. The number of carbonyl (C=O) groups excluding carboxylic acids is 2. The number of amides is 1. The number of methoxy groups -OCH3 is 1. The second-order valence-corrected chi connectivity index (χ2v) is 7.13. The minimum atomic E-state index is -0.306. The Kier molecular flexibility index (Phi) is 6.61. The fourth-order valence-corrected chi connectivity index (χ4v) is 3.58. The normalized spacial score (nSPS) is 11.7. The lowest BCUT2D eigenvalue weighted by atomic mass is 9.99. The van der Waals surface area contributed by atoms with Crippen molar-refractivity contribution < 1.29 is 14.3 Å². The van der Waals surface area contributed by atoms with Crippen LogP contribution in [0.15, 0.2) is 48.8 Å². The number of Topliss-reactive ketones (excluding diaryl/α,β-unsaturated/α-hetero) is 1. The lowest BCUT2D eigenvalue weighted by Crippen LogP contribution is -2.30. The Bertz CT molecular complexity index is 1030. The molecule has 7 heteroatoms. The van der Waals surface area contributed by atoms with Gasteiger partial charge in [0.2, 0.25) is 5.91 Å². The van der Waals surface area contributed by atoms with E-state index in [0.717, 1.165) is 22.6 Å². The van der Waals surface area contributed by atoms with Crippen LogP contribution in [0.25, 0.3) is 0 Å². The molecule has 156 valence electrons. The van der Waals surface area contributed by atoms with E-state index in [-0.39, 0.29) is 24.2 Å². The number of nitrogens with zero attached hydrogens (tertiary/aromatic N) is 3. The Hall–Kier alpha value is -3.48. The third kappa shape index (κ3) is 4.74. The van der Waals surface area contributed by atoms with Gasteiger partial charge in [-0.3, -0.25) is 19.3 Å². The zero-order valence-electron chi connectivity index (χ0n) is 17.7. The second-order valence-electron chi connectivity index (χ2n) is 7.13. The van der Waals surface area contributed by atoms with E-state index in [1.54, 1.807) is 24.2 Å². The van der Waals surface area contributed by atoms with Crippen LogP contribution in [0.5, 0.6) is 5.75 Å². The molecule has 2 heterocycles. The van der Waals surface area contributed by atoms with Gasteiger partial charge in [0.25, 0.3) is 0 Å². The van der Waals surface area contributed by atoms with Crippen LogP contribution >= 0.6 is 0 Å². The third-order valence-corrected chi connectivity index (χ3v) is 5.08. The fraction of sp³-hybridized carbons (Fsp3) is 0.304. The van der Waals surface area contributed by atoms with E-state index >= 15 is 0 Å². The maximum Gasteiger partial charge on any atom is 0.222 e. The highest BCUT2D eigenvalue weighted by Crippen LogP contribution is 2.24. The summed E-state index contributed by atoms with van der Waals surface area (Å²) in [4.78, 5) is 28.6. The monoisotopic (exact) mass is 406 g/mol. The van der Waals surface area contributed by atoms with Crippen molar-refractivity contribution in [1.29, 1.82) is 0 Å². The maximum absolute atomic E-state index is 12.8. The van der Waals surface area contributed by atoms with E-state index in [2.05, 4.69) is 15.4 Å². The van der Waals surface area contributed by atoms with Crippen molar-refractivity contribution in [3.05, 3.63) is 76.9 Å². The topological polar surface area (TPSA) is 86.1 Å². The Morgan fingerprint density at radius 2 is 1.70 bits per heavy atom. The minimum Gasteiger partial charge on any atom is -0.497 e. The Labute approximate surface area is 176 Å². The fourth-order valence-electron chi connectivity index (χ4n) is 3.58. The van der Waals surface area contributed by atoms with Crippen LogP contribution < -0.4 is 10.1 Å². The third-order valence-electron chi connectivity index (χ3n) is 5.08. The van der Waals surface area contributed by atoms with Gasteiger partial charge in [0.05, 0.1) is 24.4 Å². The van der Waals surface area contributed by atoms with E-state index in [1.807, 2.05) is 50.2 Å². The van der Waals surface area contributed by atoms with E-state index < -0.39 is 0 Å². The summed E-state index contributed by atoms with van der Waals surface area (Å²) in [5.41, 5.74) is 3.99. The zero-order valence-corrected chi connectivity index (χ0v) is 17.7. The largest absolute Gasteiger partial charge is 0.497 e. The smallest absolute Gasteiger partial charge is 0.222 e. The molecule has 0 aliphatic heterocycles. The number of rotatable bonds is 8. The molecule has 1 aromatic carbocycles. The summed E-state index contributed by atoms with van der Waals surface area (Å²) in [5.74, 6) is 0.631. The van der Waals surface area contributed by atoms with Crippen molar-refractivity contribution in [2.24, 2.45) is 0 Å². The Morgan fingerprint density at radius 1 is 1.07 bits per heavy atom. The van der Waals surface area contributed by atoms with Crippen LogP contribution in [-0.4, -0.2) is 33.6 Å². The number of aromatic nitrogens is 3. The van der Waals surface area contributed by atoms with Gasteiger partial charge < -0.3 is 10.1 Å². The van der Waals surface area contributed by atoms with Crippen molar-refractivity contribution in [3.8, 4) is 5.75 Å². The van der Waals surface area contributed by atoms with Gasteiger partial charge in [-0.25, -0.2) is 0 Å². The van der Waals surface area contributed by atoms with Crippen molar-refractivity contribution in [2.45, 2.75) is 39.8 Å². The molecule has 0 saturated carbocycles. The van der Waals surface area contributed by atoms with Gasteiger partial charge in [-0.15, -0.1) is 0 Å². The summed E-state index contributed by atoms with van der Waals surface area (Å²) >= 11 is 0. The van der Waals surface area contributed by atoms with Gasteiger partial charge in [0.1, 0.15) is 5.75 Å². The van der Waals surface area contributed by atoms with E-state index in [4.69, 9.17) is 4.74 Å². The summed E-state index contributed by atoms with van der Waals surface area (Å²) in [5, 5.41) is 7.52. The number of hydrogen-bond acceptors (Lipinski definition) is 5. The number of benzene rings is 1. The van der Waals surface area contributed by atoms with Gasteiger partial charge >= 0.3 is 0 Å². The van der Waals surface area contributed by atoms with Crippen LogP contribution in [0.4, 0.5) is 0 Å². The lowest BCUT2D eigenvalue weighted by Gasteiger charge is -2.20. The molecule has 0 aliphatic carbocycles. The van der Waals surface area contributed by atoms with Crippen molar-refractivity contribution in [1.82, 2.24) is 20.1 Å². The highest BCUT2D eigenvalue weighted by molar-refractivity contribution is 5.96. The molecule has 0 aliphatic rings. The first-order valence-corrected chi connectivity index (χ1v) is 9.79. The van der Waals surface area contributed by atoms with E-state index in [0.29, 0.717) is 17.8 Å². The number of pyridine rings is 1. The number of ether oxygens (including phenoxy) is 1. The summed E-state index contributed by atoms with van der Waals surface area (Å²) in [6, 6.07) is 11.1. The highest BCUT2D eigenvalue weighted by atomic mass is 16.5. The summed E-state index contributed by atoms with van der Waals surface area (Å²) in [6.45, 7) is 5.59. The molecule has 3 aromatic rings. The maximum atomic E-state index is 12.8. The molecule has 0 bridgehead atoms. The summed E-state index contributed by atoms with van der Waals surface area (Å²) in [7, 11) is 1.62. The number of carbonyl (C=O) groups is 2. The molecule has 0 radical (unpaired) electrons. The van der Waals surface area contributed by atoms with Crippen LogP contribution in [0.3, 0.4) is 0 Å².